The van der Waals surface area contributed by atoms with Gasteiger partial charge in [-0.2, -0.15) is 0 Å². The molecule has 0 aromatic carbocycles. The molecule has 3 heteroatoms. The molecule has 0 N–H and O–H groups in total. The molecule has 0 spiro atoms. The lowest BCUT2D eigenvalue weighted by Gasteiger charge is -2.14. The molecule has 0 radical (unpaired) electrons. The van der Waals surface area contributed by atoms with E-state index in [2.05, 4.69) is 19.9 Å². The largest absolute Gasteiger partial charge is 0.492 e. The Kier molecular flexibility index (Phi) is 7.75. The fourth-order valence-electron chi connectivity index (χ4n) is 2.46. The SMILES string of the molecule is C/C=C/c1sc(CC(CC)CCCC)c(OC)c1OC. The van der Waals surface area contributed by atoms with E-state index < -0.39 is 0 Å². The van der Waals surface area contributed by atoms with Crippen LogP contribution < -0.4 is 9.47 Å². The van der Waals surface area contributed by atoms with Crippen molar-refractivity contribution in [3.8, 4) is 11.5 Å². The first-order valence-corrected chi connectivity index (χ1v) is 8.39. The van der Waals surface area contributed by atoms with Crippen molar-refractivity contribution in [2.24, 2.45) is 5.92 Å². The quantitative estimate of drug-likeness (QED) is 0.594. The molecule has 0 saturated heterocycles. The summed E-state index contributed by atoms with van der Waals surface area (Å²) in [6.45, 7) is 6.57. The second-order valence-electron chi connectivity index (χ2n) is 5.08. The van der Waals surface area contributed by atoms with E-state index in [0.29, 0.717) is 0 Å². The number of rotatable bonds is 9. The molecule has 1 aromatic heterocycles. The second-order valence-corrected chi connectivity index (χ2v) is 6.21. The van der Waals surface area contributed by atoms with Crippen LogP contribution in [0.2, 0.25) is 0 Å². The van der Waals surface area contributed by atoms with Gasteiger partial charge in [-0.1, -0.05) is 45.6 Å². The molecule has 0 aliphatic rings. The maximum atomic E-state index is 5.60. The molecule has 1 rings (SSSR count). The maximum absolute atomic E-state index is 5.60. The monoisotopic (exact) mass is 296 g/mol. The summed E-state index contributed by atoms with van der Waals surface area (Å²) in [5.41, 5.74) is 0. The van der Waals surface area contributed by atoms with Crippen LogP contribution in [0.25, 0.3) is 6.08 Å². The standard InChI is InChI=1S/C17H28O2S/c1-6-9-11-13(8-3)12-15-17(19-5)16(18-4)14(20-15)10-7-2/h7,10,13H,6,8-9,11-12H2,1-5H3/b10-7+. The van der Waals surface area contributed by atoms with Gasteiger partial charge >= 0.3 is 0 Å². The molecule has 0 aliphatic heterocycles. The molecule has 1 heterocycles. The summed E-state index contributed by atoms with van der Waals surface area (Å²) < 4.78 is 11.1. The average molecular weight is 296 g/mol. The van der Waals surface area contributed by atoms with Crippen LogP contribution in [0.15, 0.2) is 6.08 Å². The Balaban J connectivity index is 2.98. The molecular formula is C17H28O2S. The van der Waals surface area contributed by atoms with Crippen LogP contribution in [-0.4, -0.2) is 14.2 Å². The van der Waals surface area contributed by atoms with E-state index >= 15 is 0 Å². The number of ether oxygens (including phenoxy) is 2. The predicted octanol–water partition coefficient (Wildman–Crippen LogP) is 5.56. The van der Waals surface area contributed by atoms with Crippen LogP contribution in [0.4, 0.5) is 0 Å². The Labute approximate surface area is 127 Å². The van der Waals surface area contributed by atoms with Gasteiger partial charge in [0.25, 0.3) is 0 Å². The molecule has 0 aliphatic carbocycles. The van der Waals surface area contributed by atoms with Crippen LogP contribution in [0.1, 0.15) is 56.2 Å². The topological polar surface area (TPSA) is 18.5 Å². The zero-order valence-corrected chi connectivity index (χ0v) is 14.3. The highest BCUT2D eigenvalue weighted by molar-refractivity contribution is 7.13. The third kappa shape index (κ3) is 4.27. The van der Waals surface area contributed by atoms with Crippen LogP contribution in [0.5, 0.6) is 11.5 Å². The lowest BCUT2D eigenvalue weighted by molar-refractivity contribution is 0.351. The Morgan fingerprint density at radius 1 is 1.15 bits per heavy atom. The minimum Gasteiger partial charge on any atom is -0.492 e. The van der Waals surface area contributed by atoms with Crippen molar-refractivity contribution in [3.05, 3.63) is 15.8 Å². The first-order valence-electron chi connectivity index (χ1n) is 7.57. The van der Waals surface area contributed by atoms with E-state index in [1.807, 2.05) is 13.0 Å². The Bertz CT molecular complexity index is 421. The molecule has 0 fully saturated rings. The van der Waals surface area contributed by atoms with Crippen molar-refractivity contribution in [1.29, 1.82) is 0 Å². The highest BCUT2D eigenvalue weighted by Crippen LogP contribution is 2.44. The van der Waals surface area contributed by atoms with E-state index in [0.717, 1.165) is 28.7 Å². The summed E-state index contributed by atoms with van der Waals surface area (Å²) >= 11 is 1.80. The average Bonchev–Trinajstić information content (AvgIpc) is 2.80. The van der Waals surface area contributed by atoms with Gasteiger partial charge in [0.1, 0.15) is 0 Å². The first kappa shape index (κ1) is 17.1. The Morgan fingerprint density at radius 3 is 2.35 bits per heavy atom. The van der Waals surface area contributed by atoms with E-state index in [1.165, 1.54) is 30.6 Å². The van der Waals surface area contributed by atoms with E-state index in [9.17, 15) is 0 Å². The minimum atomic E-state index is 0.741. The van der Waals surface area contributed by atoms with E-state index in [1.54, 1.807) is 25.6 Å². The molecule has 1 aromatic rings. The summed E-state index contributed by atoms with van der Waals surface area (Å²) in [4.78, 5) is 2.48. The molecule has 114 valence electrons. The lowest BCUT2D eigenvalue weighted by Crippen LogP contribution is -2.03. The van der Waals surface area contributed by atoms with Gasteiger partial charge in [0.05, 0.1) is 24.0 Å². The highest BCUT2D eigenvalue weighted by atomic mass is 32.1. The smallest absolute Gasteiger partial charge is 0.179 e. The van der Waals surface area contributed by atoms with Crippen molar-refractivity contribution in [2.75, 3.05) is 14.2 Å². The van der Waals surface area contributed by atoms with Crippen molar-refractivity contribution in [2.45, 2.75) is 52.9 Å². The molecular weight excluding hydrogens is 268 g/mol. The summed E-state index contributed by atoms with van der Waals surface area (Å²) in [5, 5.41) is 0. The molecule has 0 bridgehead atoms. The third-order valence-electron chi connectivity index (χ3n) is 3.66. The highest BCUT2D eigenvalue weighted by Gasteiger charge is 2.20. The summed E-state index contributed by atoms with van der Waals surface area (Å²) in [7, 11) is 3.45. The fraction of sp³-hybridized carbons (Fsp3) is 0.647. The van der Waals surface area contributed by atoms with Crippen molar-refractivity contribution >= 4 is 17.4 Å². The van der Waals surface area contributed by atoms with Crippen molar-refractivity contribution in [3.63, 3.8) is 0 Å². The van der Waals surface area contributed by atoms with E-state index in [-0.39, 0.29) is 0 Å². The zero-order chi connectivity index (χ0) is 15.0. The van der Waals surface area contributed by atoms with Gasteiger partial charge in [0.15, 0.2) is 11.5 Å². The number of unbranched alkanes of at least 4 members (excludes halogenated alkanes) is 1. The van der Waals surface area contributed by atoms with Crippen molar-refractivity contribution in [1.82, 2.24) is 0 Å². The summed E-state index contributed by atoms with van der Waals surface area (Å²) in [6, 6.07) is 0. The summed E-state index contributed by atoms with van der Waals surface area (Å²) in [5.74, 6) is 2.56. The van der Waals surface area contributed by atoms with Gasteiger partial charge in [-0.05, 0) is 25.3 Å². The predicted molar refractivity (Wildman–Crippen MR) is 89.1 cm³/mol. The van der Waals surface area contributed by atoms with Crippen LogP contribution in [0, 0.1) is 5.92 Å². The third-order valence-corrected chi connectivity index (χ3v) is 4.80. The van der Waals surface area contributed by atoms with Gasteiger partial charge in [-0.3, -0.25) is 0 Å². The van der Waals surface area contributed by atoms with Crippen LogP contribution in [-0.2, 0) is 6.42 Å². The molecule has 0 saturated carbocycles. The normalized spacial score (nSPS) is 12.8. The number of hydrogen-bond acceptors (Lipinski definition) is 3. The van der Waals surface area contributed by atoms with Gasteiger partial charge in [0, 0.05) is 0 Å². The van der Waals surface area contributed by atoms with Crippen LogP contribution >= 0.6 is 11.3 Å². The minimum absolute atomic E-state index is 0.741. The molecule has 1 atom stereocenters. The molecule has 1 unspecified atom stereocenters. The molecule has 20 heavy (non-hydrogen) atoms. The lowest BCUT2D eigenvalue weighted by atomic mass is 9.95. The Morgan fingerprint density at radius 2 is 1.85 bits per heavy atom. The molecule has 0 amide bonds. The van der Waals surface area contributed by atoms with Gasteiger partial charge in [-0.25, -0.2) is 0 Å². The summed E-state index contributed by atoms with van der Waals surface area (Å²) in [6.07, 6.45) is 10.3. The second kappa shape index (κ2) is 9.06. The first-order chi connectivity index (χ1) is 9.71. The Hall–Kier alpha value is -0.960. The fourth-order valence-corrected chi connectivity index (χ4v) is 3.79. The molecule has 2 nitrogen and oxygen atoms in total. The number of allylic oxidation sites excluding steroid dienone is 1. The van der Waals surface area contributed by atoms with Gasteiger partial charge in [0.2, 0.25) is 0 Å². The van der Waals surface area contributed by atoms with Crippen LogP contribution in [0.3, 0.4) is 0 Å². The van der Waals surface area contributed by atoms with Crippen molar-refractivity contribution < 1.29 is 9.47 Å². The maximum Gasteiger partial charge on any atom is 0.179 e. The number of hydrogen-bond donors (Lipinski definition) is 0. The van der Waals surface area contributed by atoms with Gasteiger partial charge in [-0.15, -0.1) is 11.3 Å². The van der Waals surface area contributed by atoms with Gasteiger partial charge < -0.3 is 9.47 Å². The number of methoxy groups -OCH3 is 2. The van der Waals surface area contributed by atoms with E-state index in [4.69, 9.17) is 9.47 Å². The zero-order valence-electron chi connectivity index (χ0n) is 13.5. The number of thiophene rings is 1.